The highest BCUT2D eigenvalue weighted by molar-refractivity contribution is 5.85. The van der Waals surface area contributed by atoms with Crippen molar-refractivity contribution in [2.24, 2.45) is 0 Å². The van der Waals surface area contributed by atoms with Gasteiger partial charge in [0.05, 0.1) is 13.7 Å². The van der Waals surface area contributed by atoms with Gasteiger partial charge in [0, 0.05) is 26.2 Å². The zero-order chi connectivity index (χ0) is 15.1. The molecule has 0 aromatic rings. The molecular weight excluding hydrogens is 266 g/mol. The lowest BCUT2D eigenvalue weighted by Gasteiger charge is -2.35. The first kappa shape index (κ1) is 16.1. The summed E-state index contributed by atoms with van der Waals surface area (Å²) in [4.78, 5) is 37.8. The van der Waals surface area contributed by atoms with Crippen molar-refractivity contribution >= 4 is 18.1 Å². The summed E-state index contributed by atoms with van der Waals surface area (Å²) in [5.41, 5.74) is 0. The molecule has 0 bridgehead atoms. The zero-order valence-corrected chi connectivity index (χ0v) is 12.0. The number of alkyl carbamates (subject to hydrolysis) is 1. The van der Waals surface area contributed by atoms with Crippen molar-refractivity contribution in [1.82, 2.24) is 15.1 Å². The van der Waals surface area contributed by atoms with E-state index in [1.807, 2.05) is 0 Å². The van der Waals surface area contributed by atoms with Gasteiger partial charge < -0.3 is 24.6 Å². The molecule has 1 fully saturated rings. The van der Waals surface area contributed by atoms with Gasteiger partial charge in [-0.2, -0.15) is 0 Å². The highest BCUT2D eigenvalue weighted by atomic mass is 16.6. The molecular formula is C12H21N3O5. The predicted molar refractivity (Wildman–Crippen MR) is 70.2 cm³/mol. The minimum Gasteiger partial charge on any atom is -0.453 e. The number of amides is 3. The van der Waals surface area contributed by atoms with Crippen LogP contribution in [0.4, 0.5) is 9.59 Å². The Bertz CT molecular complexity index is 366. The lowest BCUT2D eigenvalue weighted by atomic mass is 10.2. The Kier molecular flexibility index (Phi) is 6.08. The summed E-state index contributed by atoms with van der Waals surface area (Å²) in [6.07, 6.45) is -1.00. The van der Waals surface area contributed by atoms with Crippen LogP contribution in [0.25, 0.3) is 0 Å². The second kappa shape index (κ2) is 7.56. The SMILES string of the molecule is CCOC(=O)N1CCN(C(=O)[C@H](C)NC(=O)OC)CC1. The molecule has 0 aromatic heterocycles. The number of carbonyl (C=O) groups is 3. The second-order valence-corrected chi connectivity index (χ2v) is 4.37. The molecule has 20 heavy (non-hydrogen) atoms. The topological polar surface area (TPSA) is 88.2 Å². The smallest absolute Gasteiger partial charge is 0.409 e. The van der Waals surface area contributed by atoms with Gasteiger partial charge in [0.15, 0.2) is 0 Å². The molecule has 1 atom stereocenters. The minimum absolute atomic E-state index is 0.195. The first-order valence-corrected chi connectivity index (χ1v) is 6.54. The first-order valence-electron chi connectivity index (χ1n) is 6.54. The average molecular weight is 287 g/mol. The Labute approximate surface area is 118 Å². The maximum atomic E-state index is 12.1. The lowest BCUT2D eigenvalue weighted by molar-refractivity contribution is -0.134. The van der Waals surface area contributed by atoms with Crippen LogP contribution < -0.4 is 5.32 Å². The molecule has 3 amide bonds. The summed E-state index contributed by atoms with van der Waals surface area (Å²) in [5, 5.41) is 2.42. The molecule has 0 unspecified atom stereocenters. The van der Waals surface area contributed by atoms with Crippen LogP contribution in [0.3, 0.4) is 0 Å². The fourth-order valence-corrected chi connectivity index (χ4v) is 1.90. The number of piperazine rings is 1. The number of nitrogens with zero attached hydrogens (tertiary/aromatic N) is 2. The maximum absolute atomic E-state index is 12.1. The van der Waals surface area contributed by atoms with Crippen molar-refractivity contribution in [3.63, 3.8) is 0 Å². The minimum atomic E-state index is -0.656. The summed E-state index contributed by atoms with van der Waals surface area (Å²) in [6, 6.07) is -0.656. The zero-order valence-electron chi connectivity index (χ0n) is 12.0. The van der Waals surface area contributed by atoms with Gasteiger partial charge in [0.2, 0.25) is 5.91 Å². The van der Waals surface area contributed by atoms with Crippen molar-refractivity contribution in [2.75, 3.05) is 39.9 Å². The molecule has 0 saturated carbocycles. The number of hydrogen-bond acceptors (Lipinski definition) is 5. The summed E-state index contributed by atoms with van der Waals surface area (Å²) in [5.74, 6) is -0.195. The summed E-state index contributed by atoms with van der Waals surface area (Å²) >= 11 is 0. The van der Waals surface area contributed by atoms with Crippen LogP contribution in [0.1, 0.15) is 13.8 Å². The number of rotatable bonds is 3. The van der Waals surface area contributed by atoms with E-state index in [2.05, 4.69) is 10.1 Å². The van der Waals surface area contributed by atoms with E-state index in [9.17, 15) is 14.4 Å². The third kappa shape index (κ3) is 4.29. The van der Waals surface area contributed by atoms with Crippen molar-refractivity contribution in [1.29, 1.82) is 0 Å². The van der Waals surface area contributed by atoms with Crippen LogP contribution in [0.2, 0.25) is 0 Å². The van der Waals surface area contributed by atoms with Crippen LogP contribution in [0.15, 0.2) is 0 Å². The standard InChI is InChI=1S/C12H21N3O5/c1-4-20-12(18)15-7-5-14(6-8-15)10(16)9(2)13-11(17)19-3/h9H,4-8H2,1-3H3,(H,13,17)/t9-/m0/s1. The van der Waals surface area contributed by atoms with Gasteiger partial charge in [-0.15, -0.1) is 0 Å². The maximum Gasteiger partial charge on any atom is 0.409 e. The third-order valence-corrected chi connectivity index (χ3v) is 3.01. The Morgan fingerprint density at radius 2 is 1.70 bits per heavy atom. The van der Waals surface area contributed by atoms with E-state index in [4.69, 9.17) is 4.74 Å². The fraction of sp³-hybridized carbons (Fsp3) is 0.750. The normalized spacial score (nSPS) is 16.4. The molecule has 0 spiro atoms. The van der Waals surface area contributed by atoms with E-state index in [0.717, 1.165) is 0 Å². The molecule has 8 heteroatoms. The number of hydrogen-bond donors (Lipinski definition) is 1. The van der Waals surface area contributed by atoms with Gasteiger partial charge in [-0.05, 0) is 13.8 Å². The molecule has 0 aliphatic carbocycles. The van der Waals surface area contributed by atoms with Crippen molar-refractivity contribution in [3.8, 4) is 0 Å². The molecule has 8 nitrogen and oxygen atoms in total. The summed E-state index contributed by atoms with van der Waals surface area (Å²) < 4.78 is 9.35. The molecule has 0 aromatic carbocycles. The van der Waals surface area contributed by atoms with Gasteiger partial charge in [-0.1, -0.05) is 0 Å². The lowest BCUT2D eigenvalue weighted by Crippen LogP contribution is -2.55. The van der Waals surface area contributed by atoms with E-state index in [1.54, 1.807) is 23.6 Å². The third-order valence-electron chi connectivity index (χ3n) is 3.01. The van der Waals surface area contributed by atoms with Crippen LogP contribution in [0, 0.1) is 0 Å². The van der Waals surface area contributed by atoms with Crippen molar-refractivity contribution in [2.45, 2.75) is 19.9 Å². The van der Waals surface area contributed by atoms with E-state index in [0.29, 0.717) is 32.8 Å². The van der Waals surface area contributed by atoms with E-state index < -0.39 is 12.1 Å². The average Bonchev–Trinajstić information content (AvgIpc) is 2.46. The molecule has 1 N–H and O–H groups in total. The van der Waals surface area contributed by atoms with Gasteiger partial charge in [-0.3, -0.25) is 4.79 Å². The molecule has 1 aliphatic rings. The molecule has 1 aliphatic heterocycles. The largest absolute Gasteiger partial charge is 0.453 e. The summed E-state index contributed by atoms with van der Waals surface area (Å²) in [7, 11) is 1.24. The second-order valence-electron chi connectivity index (χ2n) is 4.37. The van der Waals surface area contributed by atoms with Crippen molar-refractivity contribution < 1.29 is 23.9 Å². The molecule has 1 saturated heterocycles. The van der Waals surface area contributed by atoms with E-state index in [1.165, 1.54) is 7.11 Å². The van der Waals surface area contributed by atoms with Gasteiger partial charge >= 0.3 is 12.2 Å². The van der Waals surface area contributed by atoms with E-state index >= 15 is 0 Å². The number of nitrogens with one attached hydrogen (secondary N) is 1. The van der Waals surface area contributed by atoms with Crippen molar-refractivity contribution in [3.05, 3.63) is 0 Å². The Hall–Kier alpha value is -1.99. The number of carbonyl (C=O) groups excluding carboxylic acids is 3. The van der Waals surface area contributed by atoms with E-state index in [-0.39, 0.29) is 12.0 Å². The Balaban J connectivity index is 2.42. The molecule has 1 heterocycles. The van der Waals surface area contributed by atoms with Gasteiger partial charge in [0.25, 0.3) is 0 Å². The molecule has 0 radical (unpaired) electrons. The predicted octanol–water partition coefficient (Wildman–Crippen LogP) is 0.0316. The van der Waals surface area contributed by atoms with Crippen LogP contribution in [-0.4, -0.2) is 73.8 Å². The number of ether oxygens (including phenoxy) is 2. The summed E-state index contributed by atoms with van der Waals surface area (Å²) in [6.45, 7) is 5.37. The molecule has 114 valence electrons. The highest BCUT2D eigenvalue weighted by Crippen LogP contribution is 2.06. The quantitative estimate of drug-likeness (QED) is 0.791. The Morgan fingerprint density at radius 1 is 1.15 bits per heavy atom. The fourth-order valence-electron chi connectivity index (χ4n) is 1.90. The Morgan fingerprint density at radius 3 is 2.20 bits per heavy atom. The monoisotopic (exact) mass is 287 g/mol. The van der Waals surface area contributed by atoms with Crippen LogP contribution >= 0.6 is 0 Å². The first-order chi connectivity index (χ1) is 9.49. The van der Waals surface area contributed by atoms with Crippen LogP contribution in [0.5, 0.6) is 0 Å². The highest BCUT2D eigenvalue weighted by Gasteiger charge is 2.28. The van der Waals surface area contributed by atoms with Gasteiger partial charge in [-0.25, -0.2) is 9.59 Å². The number of methoxy groups -OCH3 is 1. The van der Waals surface area contributed by atoms with Crippen LogP contribution in [-0.2, 0) is 14.3 Å². The van der Waals surface area contributed by atoms with Gasteiger partial charge in [0.1, 0.15) is 6.04 Å². The molecule has 1 rings (SSSR count).